The van der Waals surface area contributed by atoms with Crippen molar-refractivity contribution in [1.29, 1.82) is 0 Å². The minimum Gasteiger partial charge on any atom is -0.394 e. The number of ether oxygens (including phenoxy) is 1. The third-order valence-electron chi connectivity index (χ3n) is 4.34. The van der Waals surface area contributed by atoms with Crippen molar-refractivity contribution in [3.05, 3.63) is 16.8 Å². The Morgan fingerprint density at radius 1 is 1.26 bits per heavy atom. The Balaban J connectivity index is 1.94. The molecule has 0 bridgehead atoms. The van der Waals surface area contributed by atoms with Gasteiger partial charge >= 0.3 is 0 Å². The predicted molar refractivity (Wildman–Crippen MR) is 94.4 cm³/mol. The summed E-state index contributed by atoms with van der Waals surface area (Å²) in [5, 5.41) is 10.1. The number of aromatic nitrogens is 2. The molecule has 0 saturated carbocycles. The summed E-state index contributed by atoms with van der Waals surface area (Å²) >= 11 is 1.83. The number of anilines is 1. The van der Waals surface area contributed by atoms with Crippen LogP contribution in [0, 0.1) is 0 Å². The lowest BCUT2D eigenvalue weighted by Crippen LogP contribution is -2.35. The van der Waals surface area contributed by atoms with Gasteiger partial charge in [0.25, 0.3) is 0 Å². The zero-order valence-corrected chi connectivity index (χ0v) is 14.7. The van der Waals surface area contributed by atoms with E-state index < -0.39 is 0 Å². The van der Waals surface area contributed by atoms with E-state index in [9.17, 15) is 0 Å². The highest BCUT2D eigenvalue weighted by molar-refractivity contribution is 7.19. The van der Waals surface area contributed by atoms with Crippen molar-refractivity contribution < 1.29 is 9.84 Å². The van der Waals surface area contributed by atoms with Gasteiger partial charge < -0.3 is 14.7 Å². The molecule has 2 heterocycles. The molecule has 126 valence electrons. The summed E-state index contributed by atoms with van der Waals surface area (Å²) in [4.78, 5) is 14.0. The monoisotopic (exact) mass is 335 g/mol. The average molecular weight is 335 g/mol. The summed E-state index contributed by atoms with van der Waals surface area (Å²) in [6.07, 6.45) is 6.54. The van der Waals surface area contributed by atoms with Crippen LogP contribution in [0.5, 0.6) is 0 Å². The van der Waals surface area contributed by atoms with E-state index in [0.29, 0.717) is 19.3 Å². The average Bonchev–Trinajstić information content (AvgIpc) is 2.93. The van der Waals surface area contributed by atoms with E-state index in [1.165, 1.54) is 35.1 Å². The van der Waals surface area contributed by atoms with Gasteiger partial charge in [-0.25, -0.2) is 9.97 Å². The van der Waals surface area contributed by atoms with Crippen LogP contribution in [-0.4, -0.2) is 47.5 Å². The van der Waals surface area contributed by atoms with Crippen molar-refractivity contribution in [1.82, 2.24) is 9.97 Å². The van der Waals surface area contributed by atoms with Gasteiger partial charge in [0.1, 0.15) is 17.0 Å². The van der Waals surface area contributed by atoms with Crippen molar-refractivity contribution in [2.45, 2.75) is 45.6 Å². The topological polar surface area (TPSA) is 58.5 Å². The summed E-state index contributed by atoms with van der Waals surface area (Å²) in [6.45, 7) is 6.18. The number of fused-ring (bicyclic) bond motifs is 3. The molecule has 0 fully saturated rings. The molecule has 0 aliphatic heterocycles. The van der Waals surface area contributed by atoms with Crippen LogP contribution in [0.1, 0.15) is 37.1 Å². The van der Waals surface area contributed by atoms with E-state index in [1.807, 2.05) is 11.3 Å². The maximum atomic E-state index is 8.85. The van der Waals surface area contributed by atoms with Gasteiger partial charge in [-0.1, -0.05) is 0 Å². The molecule has 0 atom stereocenters. The van der Waals surface area contributed by atoms with Gasteiger partial charge in [-0.05, 0) is 45.1 Å². The zero-order chi connectivity index (χ0) is 16.2. The van der Waals surface area contributed by atoms with Crippen LogP contribution in [0.25, 0.3) is 10.2 Å². The van der Waals surface area contributed by atoms with Gasteiger partial charge in [0, 0.05) is 17.5 Å². The molecule has 1 N–H and O–H groups in total. The lowest BCUT2D eigenvalue weighted by atomic mass is 9.97. The van der Waals surface area contributed by atoms with Crippen molar-refractivity contribution in [3.63, 3.8) is 0 Å². The molecule has 0 aromatic carbocycles. The van der Waals surface area contributed by atoms with Gasteiger partial charge in [0.2, 0.25) is 0 Å². The summed E-state index contributed by atoms with van der Waals surface area (Å²) in [6, 6.07) is 0.338. The van der Waals surface area contributed by atoms with E-state index in [2.05, 4.69) is 28.7 Å². The van der Waals surface area contributed by atoms with Crippen LogP contribution in [0.3, 0.4) is 0 Å². The van der Waals surface area contributed by atoms with Gasteiger partial charge in [-0.2, -0.15) is 0 Å². The minimum absolute atomic E-state index is 0.0669. The number of hydrogen-bond donors (Lipinski definition) is 1. The summed E-state index contributed by atoms with van der Waals surface area (Å²) in [5.74, 6) is 1.04. The predicted octanol–water partition coefficient (Wildman–Crippen LogP) is 2.79. The van der Waals surface area contributed by atoms with Crippen LogP contribution in [0.4, 0.5) is 5.82 Å². The van der Waals surface area contributed by atoms with E-state index in [-0.39, 0.29) is 6.61 Å². The smallest absolute Gasteiger partial charge is 0.141 e. The first-order valence-electron chi connectivity index (χ1n) is 8.43. The fourth-order valence-corrected chi connectivity index (χ4v) is 4.45. The van der Waals surface area contributed by atoms with Crippen LogP contribution in [0.2, 0.25) is 0 Å². The van der Waals surface area contributed by atoms with Gasteiger partial charge in [-0.3, -0.25) is 0 Å². The van der Waals surface area contributed by atoms with Crippen molar-refractivity contribution in [2.75, 3.05) is 31.3 Å². The van der Waals surface area contributed by atoms with Crippen molar-refractivity contribution >= 4 is 27.4 Å². The molecule has 23 heavy (non-hydrogen) atoms. The number of rotatable bonds is 7. The second-order valence-electron chi connectivity index (χ2n) is 6.21. The van der Waals surface area contributed by atoms with Gasteiger partial charge in [0.05, 0.1) is 25.2 Å². The number of aliphatic hydroxyl groups excluding tert-OH is 1. The summed E-state index contributed by atoms with van der Waals surface area (Å²) in [7, 11) is 0. The first kappa shape index (κ1) is 16.6. The Kier molecular flexibility index (Phi) is 5.46. The second-order valence-corrected chi connectivity index (χ2v) is 7.30. The first-order chi connectivity index (χ1) is 11.2. The van der Waals surface area contributed by atoms with Crippen LogP contribution in [0.15, 0.2) is 6.33 Å². The third kappa shape index (κ3) is 3.49. The zero-order valence-electron chi connectivity index (χ0n) is 13.9. The minimum atomic E-state index is 0.0669. The molecule has 0 amide bonds. The number of hydrogen-bond acceptors (Lipinski definition) is 6. The van der Waals surface area contributed by atoms with E-state index in [1.54, 1.807) is 6.33 Å². The Morgan fingerprint density at radius 3 is 2.87 bits per heavy atom. The molecular formula is C17H25N3O2S. The molecule has 6 heteroatoms. The number of aryl methyl sites for hydroxylation is 2. The fourth-order valence-electron chi connectivity index (χ4n) is 3.23. The molecule has 1 aliphatic rings. The number of aliphatic hydroxyl groups is 1. The van der Waals surface area contributed by atoms with Crippen LogP contribution < -0.4 is 4.90 Å². The summed E-state index contributed by atoms with van der Waals surface area (Å²) in [5.41, 5.74) is 1.47. The van der Waals surface area contributed by atoms with E-state index >= 15 is 0 Å². The maximum absolute atomic E-state index is 8.85. The second kappa shape index (κ2) is 7.55. The van der Waals surface area contributed by atoms with Crippen LogP contribution in [-0.2, 0) is 17.6 Å². The lowest BCUT2D eigenvalue weighted by Gasteiger charge is -2.28. The van der Waals surface area contributed by atoms with Crippen LogP contribution >= 0.6 is 11.3 Å². The third-order valence-corrected chi connectivity index (χ3v) is 5.54. The van der Waals surface area contributed by atoms with E-state index in [0.717, 1.165) is 23.6 Å². The highest BCUT2D eigenvalue weighted by Crippen LogP contribution is 2.39. The Morgan fingerprint density at radius 2 is 2.09 bits per heavy atom. The highest BCUT2D eigenvalue weighted by atomic mass is 32.1. The lowest BCUT2D eigenvalue weighted by molar-refractivity contribution is 0.0961. The molecule has 2 aromatic rings. The fraction of sp³-hybridized carbons (Fsp3) is 0.647. The standard InChI is InChI=1S/C17H25N3O2S/c1-12(2)20(7-9-22-10-8-21)16-15-13-5-3-4-6-14(13)23-17(15)19-11-18-16/h11-12,21H,3-10H2,1-2H3. The molecule has 1 aliphatic carbocycles. The largest absolute Gasteiger partial charge is 0.394 e. The number of nitrogens with zero attached hydrogens (tertiary/aromatic N) is 3. The normalized spacial score (nSPS) is 14.4. The quantitative estimate of drug-likeness (QED) is 0.789. The van der Waals surface area contributed by atoms with Crippen molar-refractivity contribution in [3.8, 4) is 0 Å². The molecule has 0 unspecified atom stereocenters. The molecule has 0 radical (unpaired) electrons. The van der Waals surface area contributed by atoms with Crippen molar-refractivity contribution in [2.24, 2.45) is 0 Å². The molecule has 5 nitrogen and oxygen atoms in total. The number of thiophene rings is 1. The maximum Gasteiger partial charge on any atom is 0.141 e. The molecule has 0 saturated heterocycles. The Labute approximate surface area is 141 Å². The van der Waals surface area contributed by atoms with Gasteiger partial charge in [0.15, 0.2) is 0 Å². The molecule has 2 aromatic heterocycles. The summed E-state index contributed by atoms with van der Waals surface area (Å²) < 4.78 is 5.46. The SMILES string of the molecule is CC(C)N(CCOCCO)c1ncnc2sc3c(c12)CCCC3. The van der Waals surface area contributed by atoms with Gasteiger partial charge in [-0.15, -0.1) is 11.3 Å². The molecular weight excluding hydrogens is 310 g/mol. The Bertz CT molecular complexity index is 657. The first-order valence-corrected chi connectivity index (χ1v) is 9.24. The highest BCUT2D eigenvalue weighted by Gasteiger charge is 2.23. The molecule has 3 rings (SSSR count). The van der Waals surface area contributed by atoms with E-state index in [4.69, 9.17) is 9.84 Å². The molecule has 0 spiro atoms. The Hall–Kier alpha value is -1.24.